The molecule has 0 spiro atoms. The number of halogens is 1. The van der Waals surface area contributed by atoms with E-state index in [1.807, 2.05) is 11.8 Å². The first-order chi connectivity index (χ1) is 10.5. The van der Waals surface area contributed by atoms with Crippen molar-refractivity contribution in [1.82, 2.24) is 10.2 Å². The first-order valence-electron chi connectivity index (χ1n) is 7.35. The predicted molar refractivity (Wildman–Crippen MR) is 79.8 cm³/mol. The lowest BCUT2D eigenvalue weighted by Crippen LogP contribution is -2.56. The molecule has 1 aliphatic heterocycles. The van der Waals surface area contributed by atoms with E-state index in [2.05, 4.69) is 10.1 Å². The van der Waals surface area contributed by atoms with E-state index in [1.54, 1.807) is 12.1 Å². The summed E-state index contributed by atoms with van der Waals surface area (Å²) >= 11 is 0. The highest BCUT2D eigenvalue weighted by Crippen LogP contribution is 2.20. The van der Waals surface area contributed by atoms with E-state index in [1.165, 1.54) is 19.2 Å². The topological polar surface area (TPSA) is 58.6 Å². The van der Waals surface area contributed by atoms with Crippen molar-refractivity contribution in [2.75, 3.05) is 26.7 Å². The Hall–Kier alpha value is -1.95. The summed E-state index contributed by atoms with van der Waals surface area (Å²) in [5.41, 5.74) is 1.00. The van der Waals surface area contributed by atoms with Gasteiger partial charge in [-0.2, -0.15) is 0 Å². The normalized spacial score (nSPS) is 20.3. The highest BCUT2D eigenvalue weighted by Gasteiger charge is 2.32. The Balaban J connectivity index is 2.05. The smallest absolute Gasteiger partial charge is 0.307 e. The summed E-state index contributed by atoms with van der Waals surface area (Å²) in [5.74, 6) is -0.687. The maximum atomic E-state index is 13.0. The van der Waals surface area contributed by atoms with E-state index in [4.69, 9.17) is 0 Å². The van der Waals surface area contributed by atoms with Crippen LogP contribution in [0.25, 0.3) is 0 Å². The van der Waals surface area contributed by atoms with E-state index < -0.39 is 12.0 Å². The quantitative estimate of drug-likeness (QED) is 0.833. The van der Waals surface area contributed by atoms with Gasteiger partial charge in [0.25, 0.3) is 0 Å². The number of carbonyl (C=O) groups is 2. The Morgan fingerprint density at radius 2 is 2.14 bits per heavy atom. The van der Waals surface area contributed by atoms with Gasteiger partial charge in [-0.15, -0.1) is 0 Å². The third kappa shape index (κ3) is 4.04. The number of esters is 1. The summed E-state index contributed by atoms with van der Waals surface area (Å²) in [6.07, 6.45) is 0.0401. The van der Waals surface area contributed by atoms with Crippen LogP contribution in [0.4, 0.5) is 4.39 Å². The summed E-state index contributed by atoms with van der Waals surface area (Å²) in [6, 6.07) is 5.85. The minimum absolute atomic E-state index is 0.0401. The molecule has 0 aliphatic carbocycles. The second-order valence-electron chi connectivity index (χ2n) is 5.53. The van der Waals surface area contributed by atoms with Crippen LogP contribution in [0.5, 0.6) is 0 Å². The number of amides is 1. The number of methoxy groups -OCH3 is 1. The Kier molecular flexibility index (Phi) is 5.49. The van der Waals surface area contributed by atoms with Gasteiger partial charge in [-0.25, -0.2) is 4.39 Å². The summed E-state index contributed by atoms with van der Waals surface area (Å²) in [5, 5.41) is 2.77. The lowest BCUT2D eigenvalue weighted by atomic mass is 9.98. The molecular weight excluding hydrogens is 287 g/mol. The highest BCUT2D eigenvalue weighted by molar-refractivity contribution is 5.87. The summed E-state index contributed by atoms with van der Waals surface area (Å²) < 4.78 is 17.7. The molecule has 0 bridgehead atoms. The molecule has 2 atom stereocenters. The molecule has 0 saturated carbocycles. The summed E-state index contributed by atoms with van der Waals surface area (Å²) in [7, 11) is 1.31. The predicted octanol–water partition coefficient (Wildman–Crippen LogP) is 1.29. The van der Waals surface area contributed by atoms with Crippen LogP contribution in [0.1, 0.15) is 24.8 Å². The number of carbonyl (C=O) groups excluding carboxylic acids is 2. The van der Waals surface area contributed by atoms with Crippen molar-refractivity contribution >= 4 is 11.9 Å². The van der Waals surface area contributed by atoms with E-state index in [0.29, 0.717) is 19.6 Å². The van der Waals surface area contributed by atoms with Crippen LogP contribution in [0.15, 0.2) is 24.3 Å². The van der Waals surface area contributed by atoms with Gasteiger partial charge in [0.05, 0.1) is 19.6 Å². The van der Waals surface area contributed by atoms with Crippen LogP contribution in [0.3, 0.4) is 0 Å². The third-order valence-electron chi connectivity index (χ3n) is 3.98. The van der Waals surface area contributed by atoms with Crippen molar-refractivity contribution in [2.45, 2.75) is 25.3 Å². The molecule has 5 nitrogen and oxygen atoms in total. The Morgan fingerprint density at radius 3 is 2.77 bits per heavy atom. The van der Waals surface area contributed by atoms with Gasteiger partial charge in [0, 0.05) is 19.6 Å². The molecule has 120 valence electrons. The third-order valence-corrected chi connectivity index (χ3v) is 3.98. The zero-order valence-corrected chi connectivity index (χ0v) is 12.8. The second kappa shape index (κ2) is 7.35. The monoisotopic (exact) mass is 308 g/mol. The minimum Gasteiger partial charge on any atom is -0.469 e. The Bertz CT molecular complexity index is 533. The highest BCUT2D eigenvalue weighted by atomic mass is 19.1. The molecule has 22 heavy (non-hydrogen) atoms. The molecule has 1 aromatic carbocycles. The average molecular weight is 308 g/mol. The summed E-state index contributed by atoms with van der Waals surface area (Å²) in [4.78, 5) is 25.5. The molecule has 0 aromatic heterocycles. The standard InChI is InChI=1S/C16H21FN2O3/c1-11(12-3-5-13(17)6-4-12)10-19-8-7-18-16(21)14(19)9-15(20)22-2/h3-6,11,14H,7-10H2,1-2H3,(H,18,21). The van der Waals surface area contributed by atoms with Crippen molar-refractivity contribution in [2.24, 2.45) is 0 Å². The first-order valence-corrected chi connectivity index (χ1v) is 7.35. The molecule has 1 aliphatic rings. The second-order valence-corrected chi connectivity index (χ2v) is 5.53. The number of hydrogen-bond donors (Lipinski definition) is 1. The Morgan fingerprint density at radius 1 is 1.45 bits per heavy atom. The molecule has 1 N–H and O–H groups in total. The number of piperazine rings is 1. The lowest BCUT2D eigenvalue weighted by Gasteiger charge is -2.36. The van der Waals surface area contributed by atoms with Crippen molar-refractivity contribution < 1.29 is 18.7 Å². The van der Waals surface area contributed by atoms with E-state index in [0.717, 1.165) is 5.56 Å². The molecule has 2 unspecified atom stereocenters. The molecule has 1 heterocycles. The fourth-order valence-corrected chi connectivity index (χ4v) is 2.69. The Labute approximate surface area is 129 Å². The molecule has 2 rings (SSSR count). The minimum atomic E-state index is -0.510. The van der Waals surface area contributed by atoms with Crippen molar-refractivity contribution in [3.8, 4) is 0 Å². The zero-order valence-electron chi connectivity index (χ0n) is 12.8. The number of benzene rings is 1. The van der Waals surface area contributed by atoms with E-state index >= 15 is 0 Å². The van der Waals surface area contributed by atoms with Gasteiger partial charge in [-0.1, -0.05) is 19.1 Å². The van der Waals surface area contributed by atoms with Crippen LogP contribution in [0.2, 0.25) is 0 Å². The fourth-order valence-electron chi connectivity index (χ4n) is 2.69. The van der Waals surface area contributed by atoms with Crippen LogP contribution < -0.4 is 5.32 Å². The van der Waals surface area contributed by atoms with Gasteiger partial charge in [0.1, 0.15) is 5.82 Å². The van der Waals surface area contributed by atoms with Gasteiger partial charge in [-0.3, -0.25) is 14.5 Å². The molecular formula is C16H21FN2O3. The van der Waals surface area contributed by atoms with Crippen molar-refractivity contribution in [3.05, 3.63) is 35.6 Å². The van der Waals surface area contributed by atoms with Crippen molar-refractivity contribution in [1.29, 1.82) is 0 Å². The van der Waals surface area contributed by atoms with Crippen LogP contribution in [0, 0.1) is 5.82 Å². The van der Waals surface area contributed by atoms with E-state index in [-0.39, 0.29) is 24.1 Å². The maximum Gasteiger partial charge on any atom is 0.307 e. The van der Waals surface area contributed by atoms with Gasteiger partial charge in [-0.05, 0) is 23.6 Å². The number of ether oxygens (including phenoxy) is 1. The van der Waals surface area contributed by atoms with Crippen LogP contribution >= 0.6 is 0 Å². The van der Waals surface area contributed by atoms with Gasteiger partial charge in [0.15, 0.2) is 0 Å². The average Bonchev–Trinajstić information content (AvgIpc) is 2.51. The van der Waals surface area contributed by atoms with Crippen molar-refractivity contribution in [3.63, 3.8) is 0 Å². The van der Waals surface area contributed by atoms with E-state index in [9.17, 15) is 14.0 Å². The molecule has 6 heteroatoms. The molecule has 1 amide bonds. The number of hydrogen-bond acceptors (Lipinski definition) is 4. The lowest BCUT2D eigenvalue weighted by molar-refractivity contribution is -0.146. The van der Waals surface area contributed by atoms with Crippen LogP contribution in [-0.2, 0) is 14.3 Å². The zero-order chi connectivity index (χ0) is 16.1. The number of rotatable bonds is 5. The maximum absolute atomic E-state index is 13.0. The fraction of sp³-hybridized carbons (Fsp3) is 0.500. The van der Waals surface area contributed by atoms with Gasteiger partial charge >= 0.3 is 5.97 Å². The number of nitrogens with zero attached hydrogens (tertiary/aromatic N) is 1. The number of nitrogens with one attached hydrogen (secondary N) is 1. The largest absolute Gasteiger partial charge is 0.469 e. The summed E-state index contributed by atoms with van der Waals surface area (Å²) in [6.45, 7) is 3.89. The SMILES string of the molecule is COC(=O)CC1C(=O)NCCN1CC(C)c1ccc(F)cc1. The molecule has 1 fully saturated rings. The molecule has 1 aromatic rings. The molecule has 1 saturated heterocycles. The van der Waals surface area contributed by atoms with Gasteiger partial charge in [0.2, 0.25) is 5.91 Å². The van der Waals surface area contributed by atoms with Gasteiger partial charge < -0.3 is 10.1 Å². The molecule has 0 radical (unpaired) electrons. The first kappa shape index (κ1) is 16.4. The van der Waals surface area contributed by atoms with Crippen LogP contribution in [-0.4, -0.2) is 49.6 Å².